The largest absolute Gasteiger partial charge is 0.419 e. The zero-order valence-electron chi connectivity index (χ0n) is 23.8. The Hall–Kier alpha value is -4.52. The van der Waals surface area contributed by atoms with Crippen LogP contribution in [0.2, 0.25) is 0 Å². The fourth-order valence-corrected chi connectivity index (χ4v) is 5.27. The number of alkyl halides is 3. The van der Waals surface area contributed by atoms with Crippen LogP contribution in [0.15, 0.2) is 60.7 Å². The monoisotopic (exact) mass is 616 g/mol. The van der Waals surface area contributed by atoms with Gasteiger partial charge >= 0.3 is 12.2 Å². The molecule has 0 atom stereocenters. The van der Waals surface area contributed by atoms with E-state index in [2.05, 4.69) is 5.32 Å². The Bertz CT molecular complexity index is 1600. The molecule has 4 amide bonds. The lowest BCUT2D eigenvalue weighted by Gasteiger charge is -2.29. The highest BCUT2D eigenvalue weighted by Gasteiger charge is 2.52. The third kappa shape index (κ3) is 5.96. The van der Waals surface area contributed by atoms with E-state index in [0.29, 0.717) is 59.8 Å². The van der Waals surface area contributed by atoms with Crippen LogP contribution in [0.1, 0.15) is 48.2 Å². The molecule has 2 fully saturated rings. The molecule has 3 aromatic carbocycles. The number of hydrogen-bond donors (Lipinski definition) is 2. The summed E-state index contributed by atoms with van der Waals surface area (Å²) >= 11 is 0. The summed E-state index contributed by atoms with van der Waals surface area (Å²) in [4.78, 5) is 43.0. The molecule has 2 aliphatic rings. The number of halogens is 5. The maximum atomic E-state index is 14.3. The predicted octanol–water partition coefficient (Wildman–Crippen LogP) is 6.07. The van der Waals surface area contributed by atoms with Crippen LogP contribution in [0.3, 0.4) is 0 Å². The third-order valence-electron chi connectivity index (χ3n) is 7.90. The van der Waals surface area contributed by atoms with Gasteiger partial charge in [-0.25, -0.2) is 18.5 Å². The Kier molecular flexibility index (Phi) is 8.10. The minimum absolute atomic E-state index is 0.178. The normalized spacial score (nSPS) is 17.4. The van der Waals surface area contributed by atoms with Crippen molar-refractivity contribution >= 4 is 34.9 Å². The van der Waals surface area contributed by atoms with Gasteiger partial charge in [0.25, 0.3) is 11.8 Å². The number of anilines is 3. The van der Waals surface area contributed by atoms with Gasteiger partial charge in [-0.05, 0) is 86.8 Å². The molecule has 0 aliphatic carbocycles. The fourth-order valence-electron chi connectivity index (χ4n) is 5.27. The topological polar surface area (TPSA) is 93.2 Å². The number of nitrogens with one attached hydrogen (secondary N) is 1. The molecule has 2 heterocycles. The molecule has 8 nitrogen and oxygen atoms in total. The molecule has 44 heavy (non-hydrogen) atoms. The van der Waals surface area contributed by atoms with E-state index < -0.39 is 52.6 Å². The van der Waals surface area contributed by atoms with Gasteiger partial charge in [0.1, 0.15) is 17.2 Å². The summed E-state index contributed by atoms with van der Waals surface area (Å²) in [6, 6.07) is 11.2. The number of benzene rings is 3. The number of rotatable bonds is 6. The second-order valence-electron chi connectivity index (χ2n) is 11.3. The second kappa shape index (κ2) is 11.5. The van der Waals surface area contributed by atoms with Crippen molar-refractivity contribution in [2.45, 2.75) is 51.1 Å². The first-order valence-electron chi connectivity index (χ1n) is 13.8. The summed E-state index contributed by atoms with van der Waals surface area (Å²) in [6.07, 6.45) is -4.45. The van der Waals surface area contributed by atoms with Gasteiger partial charge in [-0.3, -0.25) is 9.59 Å². The van der Waals surface area contributed by atoms with Crippen molar-refractivity contribution in [2.24, 2.45) is 0 Å². The van der Waals surface area contributed by atoms with Crippen molar-refractivity contribution in [3.05, 3.63) is 89.0 Å². The van der Waals surface area contributed by atoms with Crippen molar-refractivity contribution in [1.82, 2.24) is 9.80 Å². The zero-order valence-corrected chi connectivity index (χ0v) is 23.8. The summed E-state index contributed by atoms with van der Waals surface area (Å²) < 4.78 is 68.2. The molecule has 3 aromatic rings. The summed E-state index contributed by atoms with van der Waals surface area (Å²) in [6.45, 7) is 3.53. The Labute approximate surface area is 249 Å². The smallest absolute Gasteiger partial charge is 0.393 e. The lowest BCUT2D eigenvalue weighted by Crippen LogP contribution is -2.43. The van der Waals surface area contributed by atoms with Crippen LogP contribution >= 0.6 is 0 Å². The molecule has 5 rings (SSSR count). The highest BCUT2D eigenvalue weighted by molar-refractivity contribution is 6.23. The van der Waals surface area contributed by atoms with Crippen LogP contribution in [0.5, 0.6) is 0 Å². The zero-order chi connectivity index (χ0) is 32.0. The first-order chi connectivity index (χ1) is 20.7. The standard InChI is InChI=1S/C31H29F5N4O4/c1-30(2)28(43)40(22-9-10-25(33)24(16-22)31(34,35)36)29(44)39(30)17-19-3-6-20(32)15-26(19)37-21-7-4-18(5-8-21)27(42)38-13-11-23(41)12-14-38/h3-10,15-16,23,37,41H,11-14,17H2,1-2H3. The van der Waals surface area contributed by atoms with Gasteiger partial charge in [0, 0.05) is 30.0 Å². The SMILES string of the molecule is CC1(C)C(=O)N(c2ccc(F)c(C(F)(F)F)c2)C(=O)N1Cc1ccc(F)cc1Nc1ccc(C(=O)N2CCC(O)CC2)cc1. The Morgan fingerprint density at radius 3 is 2.27 bits per heavy atom. The molecular weight excluding hydrogens is 587 g/mol. The van der Waals surface area contributed by atoms with E-state index >= 15 is 0 Å². The van der Waals surface area contributed by atoms with Crippen LogP contribution in [-0.4, -0.2) is 57.5 Å². The van der Waals surface area contributed by atoms with Gasteiger partial charge in [0.05, 0.1) is 23.9 Å². The highest BCUT2D eigenvalue weighted by Crippen LogP contribution is 2.38. The summed E-state index contributed by atoms with van der Waals surface area (Å²) in [5.74, 6) is -3.13. The van der Waals surface area contributed by atoms with Gasteiger partial charge in [0.15, 0.2) is 0 Å². The molecule has 2 saturated heterocycles. The first-order valence-corrected chi connectivity index (χ1v) is 13.8. The molecule has 0 bridgehead atoms. The maximum Gasteiger partial charge on any atom is 0.419 e. The third-order valence-corrected chi connectivity index (χ3v) is 7.90. The number of imide groups is 1. The van der Waals surface area contributed by atoms with E-state index in [1.807, 2.05) is 0 Å². The summed E-state index contributed by atoms with van der Waals surface area (Å²) in [7, 11) is 0. The number of aliphatic hydroxyl groups is 1. The number of hydrogen-bond acceptors (Lipinski definition) is 5. The molecule has 2 N–H and O–H groups in total. The van der Waals surface area contributed by atoms with E-state index in [1.165, 1.54) is 32.0 Å². The molecule has 0 radical (unpaired) electrons. The molecule has 2 aliphatic heterocycles. The maximum absolute atomic E-state index is 14.3. The van der Waals surface area contributed by atoms with Crippen molar-refractivity contribution in [3.8, 4) is 0 Å². The number of nitrogens with zero attached hydrogens (tertiary/aromatic N) is 3. The van der Waals surface area contributed by atoms with Gasteiger partial charge in [-0.1, -0.05) is 6.07 Å². The number of aliphatic hydroxyl groups excluding tert-OH is 1. The fraction of sp³-hybridized carbons (Fsp3) is 0.323. The van der Waals surface area contributed by atoms with Gasteiger partial charge in [0.2, 0.25) is 0 Å². The van der Waals surface area contributed by atoms with Gasteiger partial charge < -0.3 is 20.2 Å². The molecule has 232 valence electrons. The van der Waals surface area contributed by atoms with Crippen molar-refractivity contribution in [3.63, 3.8) is 0 Å². The van der Waals surface area contributed by atoms with Crippen LogP contribution in [0, 0.1) is 11.6 Å². The molecule has 0 saturated carbocycles. The van der Waals surface area contributed by atoms with Crippen LogP contribution in [0.4, 0.5) is 43.8 Å². The van der Waals surface area contributed by atoms with Crippen molar-refractivity contribution < 1.29 is 41.4 Å². The van der Waals surface area contributed by atoms with Crippen LogP contribution < -0.4 is 10.2 Å². The van der Waals surface area contributed by atoms with Crippen LogP contribution in [0.25, 0.3) is 0 Å². The average molecular weight is 617 g/mol. The van der Waals surface area contributed by atoms with Gasteiger partial charge in [-0.15, -0.1) is 0 Å². The Morgan fingerprint density at radius 1 is 0.977 bits per heavy atom. The number of carbonyl (C=O) groups excluding carboxylic acids is 3. The summed E-state index contributed by atoms with van der Waals surface area (Å²) in [5, 5.41) is 12.8. The number of likely N-dealkylation sites (tertiary alicyclic amines) is 1. The Morgan fingerprint density at radius 2 is 1.64 bits per heavy atom. The Balaban J connectivity index is 1.37. The highest BCUT2D eigenvalue weighted by atomic mass is 19.4. The molecule has 0 spiro atoms. The van der Waals surface area contributed by atoms with Crippen LogP contribution in [-0.2, 0) is 17.5 Å². The minimum Gasteiger partial charge on any atom is -0.393 e. The molecule has 0 aromatic heterocycles. The minimum atomic E-state index is -5.04. The van der Waals surface area contributed by atoms with E-state index in [9.17, 15) is 41.4 Å². The number of amides is 4. The second-order valence-corrected chi connectivity index (χ2v) is 11.3. The lowest BCUT2D eigenvalue weighted by molar-refractivity contribution is -0.140. The number of carbonyl (C=O) groups is 3. The molecule has 13 heteroatoms. The number of urea groups is 1. The van der Waals surface area contributed by atoms with E-state index in [-0.39, 0.29) is 18.1 Å². The van der Waals surface area contributed by atoms with E-state index in [4.69, 9.17) is 0 Å². The van der Waals surface area contributed by atoms with Crippen molar-refractivity contribution in [1.29, 1.82) is 0 Å². The van der Waals surface area contributed by atoms with E-state index in [0.717, 1.165) is 11.0 Å². The number of piperidine rings is 1. The first kappa shape index (κ1) is 30.9. The molecular formula is C31H29F5N4O4. The lowest BCUT2D eigenvalue weighted by atomic mass is 10.0. The van der Waals surface area contributed by atoms with Gasteiger partial charge in [-0.2, -0.15) is 13.2 Å². The quantitative estimate of drug-likeness (QED) is 0.259. The predicted molar refractivity (Wildman–Crippen MR) is 151 cm³/mol. The summed E-state index contributed by atoms with van der Waals surface area (Å²) in [5.41, 5.74) is -1.98. The molecule has 0 unspecified atom stereocenters. The van der Waals surface area contributed by atoms with Crippen molar-refractivity contribution in [2.75, 3.05) is 23.3 Å². The van der Waals surface area contributed by atoms with E-state index in [1.54, 1.807) is 29.2 Å². The average Bonchev–Trinajstić information content (AvgIpc) is 3.13.